The minimum atomic E-state index is -0.238. The van der Waals surface area contributed by atoms with Crippen molar-refractivity contribution < 1.29 is 9.32 Å². The third kappa shape index (κ3) is 2.88. The molecule has 2 aromatic heterocycles. The summed E-state index contributed by atoms with van der Waals surface area (Å²) < 4.78 is 7.02. The second-order valence-corrected chi connectivity index (χ2v) is 5.71. The van der Waals surface area contributed by atoms with Crippen LogP contribution in [0, 0.1) is 0 Å². The molecule has 1 saturated heterocycles. The van der Waals surface area contributed by atoms with Gasteiger partial charge in [0.05, 0.1) is 6.33 Å². The molecule has 7 nitrogen and oxygen atoms in total. The number of imidazole rings is 1. The van der Waals surface area contributed by atoms with Crippen LogP contribution in [0.15, 0.2) is 23.2 Å². The second kappa shape index (κ2) is 6.29. The maximum Gasteiger partial charge on any atom is 0.245 e. The smallest absolute Gasteiger partial charge is 0.245 e. The highest BCUT2D eigenvalue weighted by Gasteiger charge is 2.30. The van der Waals surface area contributed by atoms with Crippen molar-refractivity contribution in [2.75, 3.05) is 13.1 Å². The normalized spacial score (nSPS) is 20.1. The molecule has 1 fully saturated rings. The Morgan fingerprint density at radius 3 is 3.09 bits per heavy atom. The Hall–Kier alpha value is -2.18. The van der Waals surface area contributed by atoms with Gasteiger partial charge < -0.3 is 14.0 Å². The van der Waals surface area contributed by atoms with Crippen LogP contribution < -0.4 is 0 Å². The summed E-state index contributed by atoms with van der Waals surface area (Å²) in [5, 5.41) is 4.06. The summed E-state index contributed by atoms with van der Waals surface area (Å²) in [6.07, 6.45) is 7.87. The van der Waals surface area contributed by atoms with Crippen molar-refractivity contribution in [3.63, 3.8) is 0 Å². The van der Waals surface area contributed by atoms with E-state index in [2.05, 4.69) is 15.1 Å². The van der Waals surface area contributed by atoms with Crippen LogP contribution in [0.1, 0.15) is 50.4 Å². The Kier molecular flexibility index (Phi) is 4.22. The van der Waals surface area contributed by atoms with Crippen LogP contribution in [0.5, 0.6) is 0 Å². The van der Waals surface area contributed by atoms with Gasteiger partial charge in [-0.05, 0) is 19.8 Å². The molecule has 1 aliphatic heterocycles. The molecule has 0 N–H and O–H groups in total. The molecule has 3 heterocycles. The molecule has 2 atom stereocenters. The number of likely N-dealkylation sites (tertiary alicyclic amines) is 1. The van der Waals surface area contributed by atoms with Gasteiger partial charge in [-0.3, -0.25) is 4.79 Å². The number of rotatable bonds is 4. The number of piperidine rings is 1. The number of carbonyl (C=O) groups excluding carboxylic acids is 1. The van der Waals surface area contributed by atoms with Crippen LogP contribution in [-0.4, -0.2) is 43.6 Å². The molecule has 22 heavy (non-hydrogen) atoms. The fourth-order valence-electron chi connectivity index (χ4n) is 2.86. The number of amides is 1. The predicted molar refractivity (Wildman–Crippen MR) is 79.2 cm³/mol. The monoisotopic (exact) mass is 303 g/mol. The number of hydrogen-bond acceptors (Lipinski definition) is 5. The lowest BCUT2D eigenvalue weighted by Gasteiger charge is -2.33. The summed E-state index contributed by atoms with van der Waals surface area (Å²) in [5.74, 6) is 1.66. The van der Waals surface area contributed by atoms with Crippen molar-refractivity contribution in [1.29, 1.82) is 0 Å². The summed E-state index contributed by atoms with van der Waals surface area (Å²) in [5.41, 5.74) is 0. The third-order valence-electron chi connectivity index (χ3n) is 4.21. The van der Waals surface area contributed by atoms with Crippen LogP contribution in [0.4, 0.5) is 0 Å². The quantitative estimate of drug-likeness (QED) is 0.860. The Labute approximate surface area is 129 Å². The van der Waals surface area contributed by atoms with E-state index >= 15 is 0 Å². The van der Waals surface area contributed by atoms with Crippen molar-refractivity contribution >= 4 is 5.91 Å². The van der Waals surface area contributed by atoms with Crippen molar-refractivity contribution in [2.24, 2.45) is 0 Å². The fourth-order valence-corrected chi connectivity index (χ4v) is 2.86. The number of aromatic nitrogens is 4. The van der Waals surface area contributed by atoms with Crippen molar-refractivity contribution in [3.05, 3.63) is 30.4 Å². The van der Waals surface area contributed by atoms with Gasteiger partial charge in [-0.25, -0.2) is 4.98 Å². The first-order valence-corrected chi connectivity index (χ1v) is 7.77. The maximum atomic E-state index is 12.6. The van der Waals surface area contributed by atoms with Crippen molar-refractivity contribution in [1.82, 2.24) is 24.6 Å². The molecule has 118 valence electrons. The molecule has 0 aliphatic carbocycles. The van der Waals surface area contributed by atoms with Gasteiger partial charge in [0, 0.05) is 37.8 Å². The molecule has 0 bridgehead atoms. The van der Waals surface area contributed by atoms with Gasteiger partial charge >= 0.3 is 0 Å². The first kappa shape index (κ1) is 14.7. The van der Waals surface area contributed by atoms with E-state index in [1.54, 1.807) is 12.5 Å². The number of nitrogens with zero attached hydrogens (tertiary/aromatic N) is 5. The molecule has 3 rings (SSSR count). The highest BCUT2D eigenvalue weighted by molar-refractivity contribution is 5.80. The van der Waals surface area contributed by atoms with Gasteiger partial charge in [-0.1, -0.05) is 12.1 Å². The molecule has 1 aliphatic rings. The molecular weight excluding hydrogens is 282 g/mol. The minimum Gasteiger partial charge on any atom is -0.340 e. The van der Waals surface area contributed by atoms with Gasteiger partial charge in [0.2, 0.25) is 11.8 Å². The van der Waals surface area contributed by atoms with Gasteiger partial charge in [0.15, 0.2) is 5.82 Å². The zero-order valence-corrected chi connectivity index (χ0v) is 13.0. The first-order chi connectivity index (χ1) is 10.7. The summed E-state index contributed by atoms with van der Waals surface area (Å²) in [7, 11) is 0. The molecule has 0 spiro atoms. The number of aryl methyl sites for hydroxylation is 1. The number of carbonyl (C=O) groups is 1. The Morgan fingerprint density at radius 1 is 1.55 bits per heavy atom. The van der Waals surface area contributed by atoms with E-state index in [9.17, 15) is 4.79 Å². The molecule has 0 radical (unpaired) electrons. The lowest BCUT2D eigenvalue weighted by molar-refractivity contribution is -0.135. The van der Waals surface area contributed by atoms with Crippen molar-refractivity contribution in [3.8, 4) is 0 Å². The SMILES string of the molecule is CCc1nc(C2CCCN(C(=O)C(C)n3ccnc3)C2)no1. The summed E-state index contributed by atoms with van der Waals surface area (Å²) in [4.78, 5) is 23.0. The van der Waals surface area contributed by atoms with E-state index in [0.717, 1.165) is 31.6 Å². The van der Waals surface area contributed by atoms with E-state index in [-0.39, 0.29) is 17.9 Å². The van der Waals surface area contributed by atoms with Crippen LogP contribution >= 0.6 is 0 Å². The average Bonchev–Trinajstić information content (AvgIpc) is 3.24. The predicted octanol–water partition coefficient (Wildman–Crippen LogP) is 1.80. The first-order valence-electron chi connectivity index (χ1n) is 7.77. The lowest BCUT2D eigenvalue weighted by Crippen LogP contribution is -2.42. The van der Waals surface area contributed by atoms with Crippen LogP contribution in [0.25, 0.3) is 0 Å². The highest BCUT2D eigenvalue weighted by Crippen LogP contribution is 2.26. The molecule has 7 heteroatoms. The Balaban J connectivity index is 1.68. The van der Waals surface area contributed by atoms with Gasteiger partial charge in [0.25, 0.3) is 0 Å². The minimum absolute atomic E-state index is 0.113. The maximum absolute atomic E-state index is 12.6. The zero-order chi connectivity index (χ0) is 15.5. The van der Waals surface area contributed by atoms with Gasteiger partial charge in [0.1, 0.15) is 6.04 Å². The van der Waals surface area contributed by atoms with E-state index < -0.39 is 0 Å². The van der Waals surface area contributed by atoms with Gasteiger partial charge in [-0.2, -0.15) is 4.98 Å². The summed E-state index contributed by atoms with van der Waals surface area (Å²) in [6.45, 7) is 5.32. The van der Waals surface area contributed by atoms with E-state index in [1.165, 1.54) is 0 Å². The number of hydrogen-bond donors (Lipinski definition) is 0. The van der Waals surface area contributed by atoms with E-state index in [1.807, 2.05) is 29.5 Å². The van der Waals surface area contributed by atoms with Gasteiger partial charge in [-0.15, -0.1) is 0 Å². The molecule has 2 aromatic rings. The lowest BCUT2D eigenvalue weighted by atomic mass is 9.97. The molecule has 2 unspecified atom stereocenters. The van der Waals surface area contributed by atoms with E-state index in [4.69, 9.17) is 4.52 Å². The van der Waals surface area contributed by atoms with Crippen LogP contribution in [-0.2, 0) is 11.2 Å². The summed E-state index contributed by atoms with van der Waals surface area (Å²) in [6, 6.07) is -0.238. The second-order valence-electron chi connectivity index (χ2n) is 5.71. The molecule has 1 amide bonds. The zero-order valence-electron chi connectivity index (χ0n) is 13.0. The third-order valence-corrected chi connectivity index (χ3v) is 4.21. The standard InChI is InChI=1S/C15H21N5O2/c1-3-13-17-14(18-22-13)12-5-4-7-19(9-12)15(21)11(2)20-8-6-16-10-20/h6,8,10-12H,3-5,7,9H2,1-2H3. The largest absolute Gasteiger partial charge is 0.340 e. The van der Waals surface area contributed by atoms with Crippen LogP contribution in [0.2, 0.25) is 0 Å². The Morgan fingerprint density at radius 2 is 2.41 bits per heavy atom. The molecule has 0 saturated carbocycles. The average molecular weight is 303 g/mol. The Bertz CT molecular complexity index is 622. The highest BCUT2D eigenvalue weighted by atomic mass is 16.5. The van der Waals surface area contributed by atoms with E-state index in [0.29, 0.717) is 12.4 Å². The fraction of sp³-hybridized carbons (Fsp3) is 0.600. The topological polar surface area (TPSA) is 77.1 Å². The molecule has 0 aromatic carbocycles. The van der Waals surface area contributed by atoms with Crippen LogP contribution in [0.3, 0.4) is 0 Å². The molecular formula is C15H21N5O2. The van der Waals surface area contributed by atoms with Crippen molar-refractivity contribution in [2.45, 2.75) is 45.1 Å². The summed E-state index contributed by atoms with van der Waals surface area (Å²) >= 11 is 0.